The number of pyridine rings is 1. The van der Waals surface area contributed by atoms with E-state index >= 15 is 0 Å². The van der Waals surface area contributed by atoms with Crippen LogP contribution in [0.1, 0.15) is 38.2 Å². The molecule has 7 heteroatoms. The second-order valence-electron chi connectivity index (χ2n) is 5.54. The van der Waals surface area contributed by atoms with Crippen molar-refractivity contribution < 1.29 is 14.5 Å². The molecule has 1 rings (SSSR count). The SMILES string of the molecule is COC(=O)c1ccc([N+](=O)[O-])c(NC(C)C(C)(C)C)n1. The molecule has 0 aromatic carbocycles. The van der Waals surface area contributed by atoms with Gasteiger partial charge in [0, 0.05) is 12.1 Å². The van der Waals surface area contributed by atoms with Crippen molar-refractivity contribution in [2.75, 3.05) is 12.4 Å². The van der Waals surface area contributed by atoms with Crippen molar-refractivity contribution in [3.63, 3.8) is 0 Å². The molecule has 110 valence electrons. The molecule has 0 saturated heterocycles. The molecule has 1 atom stereocenters. The van der Waals surface area contributed by atoms with Gasteiger partial charge in [0.05, 0.1) is 12.0 Å². The zero-order valence-corrected chi connectivity index (χ0v) is 12.3. The molecule has 0 aliphatic carbocycles. The molecular weight excluding hydrogens is 262 g/mol. The molecule has 1 unspecified atom stereocenters. The Morgan fingerprint density at radius 2 is 2.05 bits per heavy atom. The summed E-state index contributed by atoms with van der Waals surface area (Å²) in [6.07, 6.45) is 0. The average molecular weight is 281 g/mol. The number of rotatable bonds is 4. The van der Waals surface area contributed by atoms with Crippen LogP contribution in [-0.4, -0.2) is 29.0 Å². The van der Waals surface area contributed by atoms with E-state index in [0.717, 1.165) is 0 Å². The normalized spacial score (nSPS) is 12.7. The van der Waals surface area contributed by atoms with Gasteiger partial charge >= 0.3 is 11.7 Å². The number of aromatic nitrogens is 1. The second kappa shape index (κ2) is 5.85. The van der Waals surface area contributed by atoms with Crippen molar-refractivity contribution in [1.29, 1.82) is 0 Å². The first kappa shape index (κ1) is 15.9. The van der Waals surface area contributed by atoms with Crippen LogP contribution in [0.25, 0.3) is 0 Å². The van der Waals surface area contributed by atoms with E-state index in [9.17, 15) is 14.9 Å². The Balaban J connectivity index is 3.19. The van der Waals surface area contributed by atoms with Crippen LogP contribution in [0.3, 0.4) is 0 Å². The second-order valence-corrected chi connectivity index (χ2v) is 5.54. The molecule has 1 heterocycles. The van der Waals surface area contributed by atoms with Gasteiger partial charge in [0.1, 0.15) is 0 Å². The molecule has 1 aromatic rings. The summed E-state index contributed by atoms with van der Waals surface area (Å²) in [5.74, 6) is -0.563. The maximum absolute atomic E-state index is 11.4. The van der Waals surface area contributed by atoms with E-state index in [4.69, 9.17) is 0 Å². The molecule has 0 aliphatic heterocycles. The number of anilines is 1. The maximum atomic E-state index is 11.4. The standard InChI is InChI=1S/C13H19N3O4/c1-8(13(2,3)4)14-11-10(16(18)19)7-6-9(15-11)12(17)20-5/h6-8H,1-5H3,(H,14,15). The number of esters is 1. The highest BCUT2D eigenvalue weighted by Gasteiger charge is 2.25. The van der Waals surface area contributed by atoms with Gasteiger partial charge < -0.3 is 10.1 Å². The van der Waals surface area contributed by atoms with Crippen LogP contribution < -0.4 is 5.32 Å². The fourth-order valence-corrected chi connectivity index (χ4v) is 1.35. The number of carbonyl (C=O) groups excluding carboxylic acids is 1. The Hall–Kier alpha value is -2.18. The zero-order valence-electron chi connectivity index (χ0n) is 12.3. The summed E-state index contributed by atoms with van der Waals surface area (Å²) in [6.45, 7) is 7.90. The Morgan fingerprint density at radius 3 is 2.50 bits per heavy atom. The Bertz CT molecular complexity index is 523. The van der Waals surface area contributed by atoms with Crippen LogP contribution in [-0.2, 0) is 4.74 Å². The summed E-state index contributed by atoms with van der Waals surface area (Å²) in [5, 5.41) is 14.0. The first-order valence-corrected chi connectivity index (χ1v) is 6.17. The number of hydrogen-bond acceptors (Lipinski definition) is 6. The van der Waals surface area contributed by atoms with Crippen LogP contribution in [0.5, 0.6) is 0 Å². The lowest BCUT2D eigenvalue weighted by atomic mass is 9.88. The number of nitro groups is 1. The van der Waals surface area contributed by atoms with Gasteiger partial charge in [-0.2, -0.15) is 0 Å². The third kappa shape index (κ3) is 3.66. The average Bonchev–Trinajstić information content (AvgIpc) is 2.36. The third-order valence-corrected chi connectivity index (χ3v) is 3.12. The van der Waals surface area contributed by atoms with Crippen molar-refractivity contribution in [2.24, 2.45) is 5.41 Å². The molecule has 0 saturated carbocycles. The van der Waals surface area contributed by atoms with Gasteiger partial charge in [0.2, 0.25) is 5.82 Å². The highest BCUT2D eigenvalue weighted by molar-refractivity contribution is 5.88. The Kier molecular flexibility index (Phi) is 4.65. The molecule has 1 aromatic heterocycles. The summed E-state index contributed by atoms with van der Waals surface area (Å²) in [7, 11) is 1.23. The monoisotopic (exact) mass is 281 g/mol. The van der Waals surface area contributed by atoms with Crippen molar-refractivity contribution in [3.05, 3.63) is 27.9 Å². The summed E-state index contributed by atoms with van der Waals surface area (Å²) in [4.78, 5) is 25.9. The van der Waals surface area contributed by atoms with Gasteiger partial charge in [-0.1, -0.05) is 20.8 Å². The number of nitrogens with one attached hydrogen (secondary N) is 1. The molecule has 0 amide bonds. The van der Waals surface area contributed by atoms with Crippen molar-refractivity contribution in [3.8, 4) is 0 Å². The molecule has 0 aliphatic rings. The van der Waals surface area contributed by atoms with Gasteiger partial charge in [-0.15, -0.1) is 0 Å². The number of hydrogen-bond donors (Lipinski definition) is 1. The molecule has 20 heavy (non-hydrogen) atoms. The Labute approximate surface area is 117 Å². The van der Waals surface area contributed by atoms with Crippen LogP contribution in [0.4, 0.5) is 11.5 Å². The predicted octanol–water partition coefficient (Wildman–Crippen LogP) is 2.62. The van der Waals surface area contributed by atoms with Gasteiger partial charge in [-0.05, 0) is 18.4 Å². The highest BCUT2D eigenvalue weighted by atomic mass is 16.6. The summed E-state index contributed by atoms with van der Waals surface area (Å²) >= 11 is 0. The third-order valence-electron chi connectivity index (χ3n) is 3.12. The fourth-order valence-electron chi connectivity index (χ4n) is 1.35. The summed E-state index contributed by atoms with van der Waals surface area (Å²) < 4.78 is 4.56. The van der Waals surface area contributed by atoms with E-state index < -0.39 is 10.9 Å². The minimum absolute atomic E-state index is 0.0294. The number of ether oxygens (including phenoxy) is 1. The maximum Gasteiger partial charge on any atom is 0.356 e. The van der Waals surface area contributed by atoms with Crippen LogP contribution >= 0.6 is 0 Å². The quantitative estimate of drug-likeness (QED) is 0.518. The van der Waals surface area contributed by atoms with Crippen LogP contribution in [0.15, 0.2) is 12.1 Å². The summed E-state index contributed by atoms with van der Waals surface area (Å²) in [6, 6.07) is 2.45. The lowest BCUT2D eigenvalue weighted by Crippen LogP contribution is -2.31. The van der Waals surface area contributed by atoms with E-state index in [2.05, 4.69) is 15.0 Å². The molecule has 0 spiro atoms. The van der Waals surface area contributed by atoms with Crippen molar-refractivity contribution >= 4 is 17.5 Å². The minimum Gasteiger partial charge on any atom is -0.464 e. The van der Waals surface area contributed by atoms with E-state index in [1.165, 1.54) is 19.2 Å². The van der Waals surface area contributed by atoms with Crippen LogP contribution in [0, 0.1) is 15.5 Å². The lowest BCUT2D eigenvalue weighted by Gasteiger charge is -2.28. The van der Waals surface area contributed by atoms with E-state index in [1.807, 2.05) is 27.7 Å². The first-order valence-electron chi connectivity index (χ1n) is 6.17. The van der Waals surface area contributed by atoms with Gasteiger partial charge in [0.15, 0.2) is 5.69 Å². The lowest BCUT2D eigenvalue weighted by molar-refractivity contribution is -0.384. The largest absolute Gasteiger partial charge is 0.464 e. The first-order chi connectivity index (χ1) is 9.16. The molecule has 1 N–H and O–H groups in total. The molecule has 7 nitrogen and oxygen atoms in total. The van der Waals surface area contributed by atoms with E-state index in [1.54, 1.807) is 0 Å². The van der Waals surface area contributed by atoms with Crippen molar-refractivity contribution in [1.82, 2.24) is 4.98 Å². The molecule has 0 fully saturated rings. The van der Waals surface area contributed by atoms with Gasteiger partial charge in [-0.25, -0.2) is 9.78 Å². The number of methoxy groups -OCH3 is 1. The van der Waals surface area contributed by atoms with Crippen LogP contribution in [0.2, 0.25) is 0 Å². The molecular formula is C13H19N3O4. The Morgan fingerprint density at radius 1 is 1.45 bits per heavy atom. The predicted molar refractivity (Wildman–Crippen MR) is 74.8 cm³/mol. The van der Waals surface area contributed by atoms with Gasteiger partial charge in [-0.3, -0.25) is 10.1 Å². The topological polar surface area (TPSA) is 94.4 Å². The summed E-state index contributed by atoms with van der Waals surface area (Å²) in [5.41, 5.74) is -0.257. The smallest absolute Gasteiger partial charge is 0.356 e. The molecule has 0 bridgehead atoms. The van der Waals surface area contributed by atoms with Gasteiger partial charge in [0.25, 0.3) is 0 Å². The number of carbonyl (C=O) groups is 1. The fraction of sp³-hybridized carbons (Fsp3) is 0.538. The highest BCUT2D eigenvalue weighted by Crippen LogP contribution is 2.27. The zero-order chi connectivity index (χ0) is 15.5. The minimum atomic E-state index is -0.633. The van der Waals surface area contributed by atoms with Crippen molar-refractivity contribution in [2.45, 2.75) is 33.7 Å². The number of nitrogens with zero attached hydrogens (tertiary/aromatic N) is 2. The van der Waals surface area contributed by atoms with E-state index in [-0.39, 0.29) is 28.7 Å². The van der Waals surface area contributed by atoms with E-state index in [0.29, 0.717) is 0 Å². The molecule has 0 radical (unpaired) electrons.